The molecule has 24 heavy (non-hydrogen) atoms. The lowest BCUT2D eigenvalue weighted by molar-refractivity contribution is 0.631. The number of benzene rings is 2. The summed E-state index contributed by atoms with van der Waals surface area (Å²) in [5.41, 5.74) is 8.73. The Labute approximate surface area is 144 Å². The minimum absolute atomic E-state index is 0.0521. The van der Waals surface area contributed by atoms with Crippen LogP contribution < -0.4 is 5.73 Å². The average Bonchev–Trinajstić information content (AvgIpc) is 2.58. The first-order valence-corrected chi connectivity index (χ1v) is 7.62. The molecule has 0 amide bonds. The summed E-state index contributed by atoms with van der Waals surface area (Å²) in [6.07, 6.45) is 0. The third-order valence-electron chi connectivity index (χ3n) is 3.84. The summed E-state index contributed by atoms with van der Waals surface area (Å²) in [5, 5.41) is 9.71. The molecule has 0 radical (unpaired) electrons. The minimum Gasteiger partial charge on any atom is -0.383 e. The molecule has 0 saturated heterocycles. The highest BCUT2D eigenvalue weighted by Gasteiger charge is 2.22. The molecule has 0 atom stereocenters. The second-order valence-electron chi connectivity index (χ2n) is 5.30. The van der Waals surface area contributed by atoms with E-state index in [9.17, 15) is 9.65 Å². The number of halogens is 2. The topological polar surface area (TPSA) is 62.7 Å². The molecule has 0 unspecified atom stereocenters. The number of rotatable bonds is 2. The number of hydrogen-bond acceptors (Lipinski definition) is 3. The second kappa shape index (κ2) is 6.31. The number of hydrogen-bond donors (Lipinski definition) is 1. The number of aromatic nitrogens is 1. The molecule has 3 aromatic rings. The SMILES string of the molecule is Cc1c(-c2ccccc2)nc(N)c(C#N)c1-c1c(F)cccc1Cl. The number of nitrogen functional groups attached to an aromatic ring is 1. The zero-order valence-electron chi connectivity index (χ0n) is 12.8. The largest absolute Gasteiger partial charge is 0.383 e. The molecule has 2 aromatic carbocycles. The van der Waals surface area contributed by atoms with Crippen molar-refractivity contribution >= 4 is 17.4 Å². The smallest absolute Gasteiger partial charge is 0.142 e. The Kier molecular flexibility index (Phi) is 4.20. The predicted molar refractivity (Wildman–Crippen MR) is 93.9 cm³/mol. The molecule has 0 fully saturated rings. The van der Waals surface area contributed by atoms with E-state index in [-0.39, 0.29) is 22.0 Å². The van der Waals surface area contributed by atoms with Crippen LogP contribution in [0.15, 0.2) is 48.5 Å². The molecule has 1 heterocycles. The van der Waals surface area contributed by atoms with Gasteiger partial charge in [-0.1, -0.05) is 48.0 Å². The third-order valence-corrected chi connectivity index (χ3v) is 4.16. The molecule has 0 bridgehead atoms. The molecule has 0 aliphatic rings. The second-order valence-corrected chi connectivity index (χ2v) is 5.70. The molecule has 0 aliphatic heterocycles. The Balaban J connectivity index is 2.42. The van der Waals surface area contributed by atoms with Crippen LogP contribution in [0.25, 0.3) is 22.4 Å². The Bertz CT molecular complexity index is 942. The molecule has 1 aromatic heterocycles. The third kappa shape index (κ3) is 2.60. The van der Waals surface area contributed by atoms with E-state index in [2.05, 4.69) is 4.98 Å². The van der Waals surface area contributed by atoms with E-state index in [0.29, 0.717) is 16.8 Å². The normalized spacial score (nSPS) is 10.4. The molecule has 3 rings (SSSR count). The predicted octanol–water partition coefficient (Wildman–Crippen LogP) is 4.97. The average molecular weight is 338 g/mol. The highest BCUT2D eigenvalue weighted by molar-refractivity contribution is 6.33. The fourth-order valence-corrected chi connectivity index (χ4v) is 2.99. The van der Waals surface area contributed by atoms with Gasteiger partial charge >= 0.3 is 0 Å². The van der Waals surface area contributed by atoms with Gasteiger partial charge in [0.25, 0.3) is 0 Å². The number of anilines is 1. The Morgan fingerprint density at radius 1 is 1.08 bits per heavy atom. The van der Waals surface area contributed by atoms with Crippen LogP contribution in [0.3, 0.4) is 0 Å². The van der Waals surface area contributed by atoms with E-state index in [0.717, 1.165) is 5.56 Å². The number of nitriles is 1. The Morgan fingerprint density at radius 2 is 1.79 bits per heavy atom. The fourth-order valence-electron chi connectivity index (χ4n) is 2.73. The van der Waals surface area contributed by atoms with Crippen molar-refractivity contribution in [3.8, 4) is 28.5 Å². The molecule has 0 spiro atoms. The van der Waals surface area contributed by atoms with E-state index in [1.54, 1.807) is 13.0 Å². The van der Waals surface area contributed by atoms with Gasteiger partial charge in [0.15, 0.2) is 0 Å². The molecule has 3 nitrogen and oxygen atoms in total. The summed E-state index contributed by atoms with van der Waals surface area (Å²) in [7, 11) is 0. The van der Waals surface area contributed by atoms with Crippen molar-refractivity contribution in [3.05, 3.63) is 70.5 Å². The van der Waals surface area contributed by atoms with Gasteiger partial charge in [0.1, 0.15) is 23.3 Å². The first-order valence-electron chi connectivity index (χ1n) is 7.24. The number of nitrogens with zero attached hydrogens (tertiary/aromatic N) is 2. The van der Waals surface area contributed by atoms with Crippen molar-refractivity contribution in [3.63, 3.8) is 0 Å². The molecule has 2 N–H and O–H groups in total. The highest BCUT2D eigenvalue weighted by atomic mass is 35.5. The van der Waals surface area contributed by atoms with Crippen LogP contribution in [0.2, 0.25) is 5.02 Å². The lowest BCUT2D eigenvalue weighted by atomic mass is 9.92. The standard InChI is InChI=1S/C19H13ClFN3/c1-11-16(17-14(20)8-5-9-15(17)21)13(10-22)19(23)24-18(11)12-6-3-2-4-7-12/h2-9H,1H3,(H2,23,24). The Morgan fingerprint density at radius 3 is 2.42 bits per heavy atom. The zero-order valence-corrected chi connectivity index (χ0v) is 13.6. The summed E-state index contributed by atoms with van der Waals surface area (Å²) in [5.74, 6) is -0.456. The van der Waals surface area contributed by atoms with Crippen molar-refractivity contribution in [2.75, 3.05) is 5.73 Å². The lowest BCUT2D eigenvalue weighted by Gasteiger charge is -2.16. The monoisotopic (exact) mass is 337 g/mol. The zero-order chi connectivity index (χ0) is 17.3. The van der Waals surface area contributed by atoms with Gasteiger partial charge in [0.05, 0.1) is 10.7 Å². The van der Waals surface area contributed by atoms with Gasteiger partial charge in [-0.3, -0.25) is 0 Å². The minimum atomic E-state index is -0.508. The van der Waals surface area contributed by atoms with Gasteiger partial charge in [0, 0.05) is 16.7 Å². The summed E-state index contributed by atoms with van der Waals surface area (Å²) < 4.78 is 14.4. The number of nitrogens with two attached hydrogens (primary N) is 1. The van der Waals surface area contributed by atoms with Crippen LogP contribution >= 0.6 is 11.6 Å². The van der Waals surface area contributed by atoms with Crippen molar-refractivity contribution in [1.82, 2.24) is 4.98 Å². The van der Waals surface area contributed by atoms with Crippen LogP contribution in [0.4, 0.5) is 10.2 Å². The van der Waals surface area contributed by atoms with Gasteiger partial charge in [0.2, 0.25) is 0 Å². The van der Waals surface area contributed by atoms with Crippen molar-refractivity contribution in [2.24, 2.45) is 0 Å². The molecule has 5 heteroatoms. The quantitative estimate of drug-likeness (QED) is 0.718. The summed E-state index contributed by atoms with van der Waals surface area (Å²) >= 11 is 6.21. The van der Waals surface area contributed by atoms with Gasteiger partial charge in [-0.2, -0.15) is 5.26 Å². The van der Waals surface area contributed by atoms with E-state index >= 15 is 0 Å². The van der Waals surface area contributed by atoms with Crippen LogP contribution in [0, 0.1) is 24.1 Å². The van der Waals surface area contributed by atoms with E-state index in [1.165, 1.54) is 12.1 Å². The summed E-state index contributed by atoms with van der Waals surface area (Å²) in [6, 6.07) is 15.8. The molecule has 118 valence electrons. The van der Waals surface area contributed by atoms with Crippen LogP contribution in [-0.2, 0) is 0 Å². The van der Waals surface area contributed by atoms with Gasteiger partial charge in [-0.25, -0.2) is 9.37 Å². The number of pyridine rings is 1. The van der Waals surface area contributed by atoms with Crippen LogP contribution in [0.1, 0.15) is 11.1 Å². The lowest BCUT2D eigenvalue weighted by Crippen LogP contribution is -2.04. The highest BCUT2D eigenvalue weighted by Crippen LogP contribution is 2.39. The van der Waals surface area contributed by atoms with Crippen molar-refractivity contribution < 1.29 is 4.39 Å². The van der Waals surface area contributed by atoms with E-state index in [4.69, 9.17) is 17.3 Å². The van der Waals surface area contributed by atoms with Gasteiger partial charge in [-0.15, -0.1) is 0 Å². The van der Waals surface area contributed by atoms with E-state index in [1.807, 2.05) is 36.4 Å². The van der Waals surface area contributed by atoms with Gasteiger partial charge < -0.3 is 5.73 Å². The fraction of sp³-hybridized carbons (Fsp3) is 0.0526. The molecule has 0 aliphatic carbocycles. The first kappa shape index (κ1) is 16.0. The summed E-state index contributed by atoms with van der Waals surface area (Å²) in [4.78, 5) is 4.35. The molecular formula is C19H13ClFN3. The maximum atomic E-state index is 14.4. The van der Waals surface area contributed by atoms with Crippen LogP contribution in [0.5, 0.6) is 0 Å². The maximum Gasteiger partial charge on any atom is 0.142 e. The van der Waals surface area contributed by atoms with Gasteiger partial charge in [-0.05, 0) is 24.6 Å². The molecule has 0 saturated carbocycles. The van der Waals surface area contributed by atoms with Crippen molar-refractivity contribution in [1.29, 1.82) is 5.26 Å². The Hall–Kier alpha value is -2.90. The first-order chi connectivity index (χ1) is 11.5. The van der Waals surface area contributed by atoms with Crippen molar-refractivity contribution in [2.45, 2.75) is 6.92 Å². The molecular weight excluding hydrogens is 325 g/mol. The van der Waals surface area contributed by atoms with E-state index < -0.39 is 5.82 Å². The summed E-state index contributed by atoms with van der Waals surface area (Å²) in [6.45, 7) is 1.79. The maximum absolute atomic E-state index is 14.4. The van der Waals surface area contributed by atoms with Crippen LogP contribution in [-0.4, -0.2) is 4.98 Å².